The monoisotopic (exact) mass is 298 g/mol. The molecule has 2 N–H and O–H groups in total. The van der Waals surface area contributed by atoms with E-state index in [2.05, 4.69) is 5.16 Å². The summed E-state index contributed by atoms with van der Waals surface area (Å²) in [7, 11) is 0. The van der Waals surface area contributed by atoms with Gasteiger partial charge in [-0.25, -0.2) is 0 Å². The van der Waals surface area contributed by atoms with Gasteiger partial charge in [-0.2, -0.15) is 13.2 Å². The third-order valence-electron chi connectivity index (χ3n) is 3.41. The van der Waals surface area contributed by atoms with Gasteiger partial charge in [0.2, 0.25) is 5.88 Å². The van der Waals surface area contributed by atoms with Crippen LogP contribution in [-0.4, -0.2) is 5.16 Å². The van der Waals surface area contributed by atoms with E-state index in [1.54, 1.807) is 6.07 Å². The van der Waals surface area contributed by atoms with E-state index in [-0.39, 0.29) is 11.8 Å². The van der Waals surface area contributed by atoms with E-state index in [0.717, 1.165) is 25.0 Å². The quantitative estimate of drug-likeness (QED) is 0.878. The van der Waals surface area contributed by atoms with Crippen molar-refractivity contribution in [3.8, 4) is 11.1 Å². The molecule has 0 amide bonds. The van der Waals surface area contributed by atoms with Crippen LogP contribution in [-0.2, 0) is 6.18 Å². The van der Waals surface area contributed by atoms with Crippen LogP contribution in [0.1, 0.15) is 43.9 Å². The van der Waals surface area contributed by atoms with Gasteiger partial charge in [-0.05, 0) is 24.1 Å². The van der Waals surface area contributed by atoms with E-state index in [9.17, 15) is 13.2 Å². The summed E-state index contributed by atoms with van der Waals surface area (Å²) < 4.78 is 43.4. The molecule has 1 heterocycles. The highest BCUT2D eigenvalue weighted by Crippen LogP contribution is 2.38. The summed E-state index contributed by atoms with van der Waals surface area (Å²) >= 11 is 0. The number of hydrogen-bond acceptors (Lipinski definition) is 3. The molecular weight excluding hydrogens is 281 g/mol. The fraction of sp³-hybridized carbons (Fsp3) is 0.400. The minimum atomic E-state index is -4.39. The minimum Gasteiger partial charge on any atom is -0.367 e. The molecular formula is C15H17F3N2O. The van der Waals surface area contributed by atoms with Crippen LogP contribution in [0.25, 0.3) is 11.1 Å². The average molecular weight is 298 g/mol. The summed E-state index contributed by atoms with van der Waals surface area (Å²) in [6.45, 7) is 3.99. The molecule has 0 bridgehead atoms. The summed E-state index contributed by atoms with van der Waals surface area (Å²) in [6.07, 6.45) is -2.59. The first-order valence-corrected chi connectivity index (χ1v) is 6.77. The number of halogens is 3. The van der Waals surface area contributed by atoms with Gasteiger partial charge in [0, 0.05) is 5.92 Å². The van der Waals surface area contributed by atoms with E-state index in [4.69, 9.17) is 10.3 Å². The lowest BCUT2D eigenvalue weighted by molar-refractivity contribution is -0.137. The van der Waals surface area contributed by atoms with Gasteiger partial charge in [0.15, 0.2) is 0 Å². The zero-order chi connectivity index (χ0) is 15.6. The third kappa shape index (κ3) is 3.20. The van der Waals surface area contributed by atoms with Gasteiger partial charge in [-0.3, -0.25) is 0 Å². The number of hydrogen-bond donors (Lipinski definition) is 1. The standard InChI is InChI=1S/C15H17F3N2O/c1-3-5-9(2)13-12(14(19)21-20-13)10-6-4-7-11(8-10)15(16,17)18/h4,6-9H,3,5,19H2,1-2H3. The highest BCUT2D eigenvalue weighted by molar-refractivity contribution is 5.76. The SMILES string of the molecule is CCCC(C)c1noc(N)c1-c1cccc(C(F)(F)F)c1. The van der Waals surface area contributed by atoms with Crippen molar-refractivity contribution in [1.82, 2.24) is 5.16 Å². The van der Waals surface area contributed by atoms with Gasteiger partial charge in [-0.15, -0.1) is 0 Å². The van der Waals surface area contributed by atoms with Crippen molar-refractivity contribution >= 4 is 5.88 Å². The van der Waals surface area contributed by atoms with Gasteiger partial charge in [0.1, 0.15) is 0 Å². The largest absolute Gasteiger partial charge is 0.416 e. The molecule has 0 saturated heterocycles. The highest BCUT2D eigenvalue weighted by Gasteiger charge is 2.31. The molecule has 0 radical (unpaired) electrons. The van der Waals surface area contributed by atoms with E-state index >= 15 is 0 Å². The van der Waals surface area contributed by atoms with Gasteiger partial charge < -0.3 is 10.3 Å². The predicted octanol–water partition coefficient (Wildman–Crippen LogP) is 4.85. The first-order chi connectivity index (χ1) is 9.84. The molecule has 0 aliphatic carbocycles. The Balaban J connectivity index is 2.50. The number of nitrogens with two attached hydrogens (primary N) is 1. The Kier molecular flexibility index (Phi) is 4.25. The number of rotatable bonds is 4. The van der Waals surface area contributed by atoms with Crippen molar-refractivity contribution in [3.05, 3.63) is 35.5 Å². The molecule has 2 aromatic rings. The highest BCUT2D eigenvalue weighted by atomic mass is 19.4. The first-order valence-electron chi connectivity index (χ1n) is 6.77. The van der Waals surface area contributed by atoms with Crippen LogP contribution in [0.5, 0.6) is 0 Å². The molecule has 0 fully saturated rings. The second-order valence-electron chi connectivity index (χ2n) is 5.08. The Bertz CT molecular complexity index is 620. The number of nitrogen functional groups attached to an aromatic ring is 1. The topological polar surface area (TPSA) is 52.0 Å². The molecule has 2 rings (SSSR count). The molecule has 1 unspecified atom stereocenters. The van der Waals surface area contributed by atoms with Gasteiger partial charge in [-0.1, -0.05) is 37.6 Å². The second-order valence-corrected chi connectivity index (χ2v) is 5.08. The van der Waals surface area contributed by atoms with Gasteiger partial charge >= 0.3 is 6.18 Å². The smallest absolute Gasteiger partial charge is 0.367 e. The Morgan fingerprint density at radius 3 is 2.67 bits per heavy atom. The number of anilines is 1. The van der Waals surface area contributed by atoms with Crippen molar-refractivity contribution in [2.45, 2.75) is 38.8 Å². The zero-order valence-electron chi connectivity index (χ0n) is 11.9. The second kappa shape index (κ2) is 5.79. The molecule has 1 aromatic carbocycles. The maximum atomic E-state index is 12.8. The van der Waals surface area contributed by atoms with E-state index < -0.39 is 11.7 Å². The van der Waals surface area contributed by atoms with Crippen LogP contribution < -0.4 is 5.73 Å². The lowest BCUT2D eigenvalue weighted by Gasteiger charge is -2.11. The summed E-state index contributed by atoms with van der Waals surface area (Å²) in [5, 5.41) is 3.92. The van der Waals surface area contributed by atoms with E-state index in [0.29, 0.717) is 16.8 Å². The third-order valence-corrected chi connectivity index (χ3v) is 3.41. The van der Waals surface area contributed by atoms with Crippen LogP contribution in [0.4, 0.5) is 19.1 Å². The number of aromatic nitrogens is 1. The summed E-state index contributed by atoms with van der Waals surface area (Å²) in [4.78, 5) is 0. The molecule has 114 valence electrons. The molecule has 1 aromatic heterocycles. The number of alkyl halides is 3. The first kappa shape index (κ1) is 15.4. The van der Waals surface area contributed by atoms with Gasteiger partial charge in [0.05, 0.1) is 16.8 Å². The molecule has 1 atom stereocenters. The molecule has 0 saturated carbocycles. The van der Waals surface area contributed by atoms with E-state index in [1.165, 1.54) is 6.07 Å². The lowest BCUT2D eigenvalue weighted by Crippen LogP contribution is -2.05. The average Bonchev–Trinajstić information content (AvgIpc) is 2.80. The molecule has 3 nitrogen and oxygen atoms in total. The fourth-order valence-electron chi connectivity index (χ4n) is 2.36. The Morgan fingerprint density at radius 2 is 2.05 bits per heavy atom. The van der Waals surface area contributed by atoms with Crippen LogP contribution in [0.2, 0.25) is 0 Å². The number of benzene rings is 1. The lowest BCUT2D eigenvalue weighted by atomic mass is 9.94. The van der Waals surface area contributed by atoms with Crippen molar-refractivity contribution in [3.63, 3.8) is 0 Å². The summed E-state index contributed by atoms with van der Waals surface area (Å²) in [5.41, 5.74) is 6.48. The summed E-state index contributed by atoms with van der Waals surface area (Å²) in [6, 6.07) is 5.05. The Labute approximate surface area is 120 Å². The van der Waals surface area contributed by atoms with Crippen LogP contribution in [0.15, 0.2) is 28.8 Å². The van der Waals surface area contributed by atoms with Gasteiger partial charge in [0.25, 0.3) is 0 Å². The zero-order valence-corrected chi connectivity index (χ0v) is 11.9. The molecule has 6 heteroatoms. The fourth-order valence-corrected chi connectivity index (χ4v) is 2.36. The molecule has 21 heavy (non-hydrogen) atoms. The normalized spacial score (nSPS) is 13.4. The van der Waals surface area contributed by atoms with Crippen LogP contribution in [0, 0.1) is 0 Å². The number of nitrogens with zero attached hydrogens (tertiary/aromatic N) is 1. The maximum absolute atomic E-state index is 12.8. The predicted molar refractivity (Wildman–Crippen MR) is 74.7 cm³/mol. The van der Waals surface area contributed by atoms with Crippen molar-refractivity contribution in [1.29, 1.82) is 0 Å². The maximum Gasteiger partial charge on any atom is 0.416 e. The minimum absolute atomic E-state index is 0.0484. The molecule has 0 spiro atoms. The van der Waals surface area contributed by atoms with Crippen LogP contribution in [0.3, 0.4) is 0 Å². The Hall–Kier alpha value is -1.98. The Morgan fingerprint density at radius 1 is 1.33 bits per heavy atom. The van der Waals surface area contributed by atoms with Crippen molar-refractivity contribution < 1.29 is 17.7 Å². The van der Waals surface area contributed by atoms with E-state index in [1.807, 2.05) is 13.8 Å². The van der Waals surface area contributed by atoms with Crippen molar-refractivity contribution in [2.24, 2.45) is 0 Å². The molecule has 0 aliphatic heterocycles. The summed E-state index contributed by atoms with van der Waals surface area (Å²) in [5.74, 6) is 0.118. The van der Waals surface area contributed by atoms with Crippen molar-refractivity contribution in [2.75, 3.05) is 5.73 Å². The van der Waals surface area contributed by atoms with Crippen LogP contribution >= 0.6 is 0 Å². The molecule has 0 aliphatic rings.